The Morgan fingerprint density at radius 1 is 1.36 bits per heavy atom. The van der Waals surface area contributed by atoms with Crippen LogP contribution in [0.3, 0.4) is 0 Å². The summed E-state index contributed by atoms with van der Waals surface area (Å²) in [6.07, 6.45) is 0. The molecule has 1 unspecified atom stereocenters. The van der Waals surface area contributed by atoms with Gasteiger partial charge in [0.1, 0.15) is 0 Å². The Kier molecular flexibility index (Phi) is 2.42. The van der Waals surface area contributed by atoms with E-state index in [4.69, 9.17) is 0 Å². The summed E-state index contributed by atoms with van der Waals surface area (Å²) >= 11 is 0. The average Bonchev–Trinajstić information content (AvgIpc) is 2.06. The van der Waals surface area contributed by atoms with Crippen molar-refractivity contribution in [2.75, 3.05) is 0 Å². The van der Waals surface area contributed by atoms with Crippen molar-refractivity contribution in [1.29, 1.82) is 0 Å². The molecule has 0 aromatic heterocycles. The van der Waals surface area contributed by atoms with Crippen LogP contribution in [-0.4, -0.2) is 0 Å². The predicted octanol–water partition coefficient (Wildman–Crippen LogP) is -0.961. The first-order valence-electron chi connectivity index (χ1n) is 2.97. The van der Waals surface area contributed by atoms with E-state index >= 15 is 0 Å². The van der Waals surface area contributed by atoms with Crippen molar-refractivity contribution in [1.82, 2.24) is 0 Å². The maximum Gasteiger partial charge on any atom is 0.227 e. The number of hydrogen-bond acceptors (Lipinski definition) is 3. The average molecular weight is 173 g/mol. The van der Waals surface area contributed by atoms with E-state index in [9.17, 15) is 9.46 Å². The first-order chi connectivity index (χ1) is 5.17. The lowest BCUT2D eigenvalue weighted by Crippen LogP contribution is -2.50. The van der Waals surface area contributed by atoms with Crippen LogP contribution in [0.2, 0.25) is 0 Å². The Labute approximate surface area is 64.1 Å². The molecule has 3 N–H and O–H groups in total. The Morgan fingerprint density at radius 2 is 1.91 bits per heavy atom. The van der Waals surface area contributed by atoms with Gasteiger partial charge in [0.25, 0.3) is 0 Å². The van der Waals surface area contributed by atoms with E-state index in [2.05, 4.69) is 10.5 Å². The van der Waals surface area contributed by atoms with Crippen LogP contribution >= 0.6 is 7.60 Å². The third-order valence-electron chi connectivity index (χ3n) is 1.24. The fourth-order valence-electron chi connectivity index (χ4n) is 0.685. The first-order valence-corrected chi connectivity index (χ1v) is 4.51. The lowest BCUT2D eigenvalue weighted by atomic mass is 10.4. The van der Waals surface area contributed by atoms with Crippen LogP contribution in [0.25, 0.3) is 0 Å². The summed E-state index contributed by atoms with van der Waals surface area (Å²) in [5.74, 6) is 2.86. The summed E-state index contributed by atoms with van der Waals surface area (Å²) in [6, 6.07) is 7.89. The van der Waals surface area contributed by atoms with E-state index in [0.717, 1.165) is 0 Å². The van der Waals surface area contributed by atoms with Crippen molar-refractivity contribution in [2.24, 2.45) is 0 Å². The van der Waals surface area contributed by atoms with Crippen molar-refractivity contribution in [3.05, 3.63) is 30.3 Å². The van der Waals surface area contributed by atoms with E-state index in [0.29, 0.717) is 0 Å². The summed E-state index contributed by atoms with van der Waals surface area (Å²) in [4.78, 5) is 10.9. The zero-order valence-electron chi connectivity index (χ0n) is 5.77. The zero-order chi connectivity index (χ0) is 8.32. The second-order valence-corrected chi connectivity index (χ2v) is 3.73. The monoisotopic (exact) mass is 173 g/mol. The minimum Gasteiger partial charge on any atom is -0.771 e. The molecular weight excluding hydrogens is 165 g/mol. The van der Waals surface area contributed by atoms with Crippen LogP contribution in [0.4, 0.5) is 0 Å². The lowest BCUT2D eigenvalue weighted by molar-refractivity contribution is -0.646. The lowest BCUT2D eigenvalue weighted by Gasteiger charge is -2.16. The van der Waals surface area contributed by atoms with E-state index < -0.39 is 7.60 Å². The van der Waals surface area contributed by atoms with Crippen LogP contribution in [0.5, 0.6) is 0 Å². The van der Waals surface area contributed by atoms with Gasteiger partial charge in [0, 0.05) is 5.30 Å². The maximum atomic E-state index is 10.9. The molecule has 1 rings (SSSR count). The zero-order valence-corrected chi connectivity index (χ0v) is 6.66. The molecule has 1 aromatic rings. The van der Waals surface area contributed by atoms with Gasteiger partial charge in [-0.2, -0.15) is 4.62 Å². The molecule has 1 atom stereocenters. The molecule has 0 amide bonds. The van der Waals surface area contributed by atoms with E-state index in [1.54, 1.807) is 18.2 Å². The topological polar surface area (TPSA) is 77.0 Å². The number of quaternary nitrogens is 1. The summed E-state index contributed by atoms with van der Waals surface area (Å²) in [6.45, 7) is 0. The molecule has 0 radical (unpaired) electrons. The molecule has 0 aliphatic heterocycles. The molecule has 60 valence electrons. The van der Waals surface area contributed by atoms with Gasteiger partial charge in [0.05, 0.1) is 0 Å². The van der Waals surface area contributed by atoms with E-state index in [-0.39, 0.29) is 5.30 Å². The molecule has 0 spiro atoms. The van der Waals surface area contributed by atoms with Gasteiger partial charge in [-0.25, -0.2) is 5.90 Å². The quantitative estimate of drug-likeness (QED) is 0.462. The van der Waals surface area contributed by atoms with Crippen LogP contribution in [0, 0.1) is 0 Å². The summed E-state index contributed by atoms with van der Waals surface area (Å²) in [5.41, 5.74) is 0. The van der Waals surface area contributed by atoms with Gasteiger partial charge in [-0.3, -0.25) is 4.57 Å². The highest BCUT2D eigenvalue weighted by Crippen LogP contribution is 2.31. The first kappa shape index (κ1) is 8.43. The second-order valence-electron chi connectivity index (χ2n) is 1.96. The van der Waals surface area contributed by atoms with Crippen molar-refractivity contribution >= 4 is 12.9 Å². The molecule has 0 fully saturated rings. The predicted molar refractivity (Wildman–Crippen MR) is 37.7 cm³/mol. The van der Waals surface area contributed by atoms with Crippen molar-refractivity contribution in [2.45, 2.75) is 0 Å². The Bertz CT molecular complexity index is 274. The maximum absolute atomic E-state index is 10.9. The molecule has 4 nitrogen and oxygen atoms in total. The van der Waals surface area contributed by atoms with Crippen LogP contribution < -0.4 is 16.1 Å². The summed E-state index contributed by atoms with van der Waals surface area (Å²) < 4.78 is 15.0. The van der Waals surface area contributed by atoms with Crippen LogP contribution in [0.1, 0.15) is 0 Å². The van der Waals surface area contributed by atoms with Crippen LogP contribution in [0.15, 0.2) is 30.3 Å². The summed E-state index contributed by atoms with van der Waals surface area (Å²) in [5, 5.41) is 0.148. The SMILES string of the molecule is [NH3+]OP(=O)([O-])c1ccccc1. The van der Waals surface area contributed by atoms with Crippen LogP contribution in [-0.2, 0) is 9.19 Å². The molecule has 0 aliphatic rings. The van der Waals surface area contributed by atoms with Gasteiger partial charge in [-0.05, 0) is 0 Å². The standard InChI is InChI=1S/C6H8NO3P/c7-10-11(8,9)6-4-2-1-3-5-6/h1-5H,7H3. The molecule has 1 aromatic carbocycles. The Morgan fingerprint density at radius 3 is 2.36 bits per heavy atom. The van der Waals surface area contributed by atoms with E-state index in [1.807, 2.05) is 0 Å². The molecule has 11 heavy (non-hydrogen) atoms. The van der Waals surface area contributed by atoms with E-state index in [1.165, 1.54) is 12.1 Å². The minimum atomic E-state index is -3.89. The van der Waals surface area contributed by atoms with Crippen molar-refractivity contribution in [3.8, 4) is 0 Å². The van der Waals surface area contributed by atoms with Crippen molar-refractivity contribution in [3.63, 3.8) is 0 Å². The molecule has 0 aliphatic carbocycles. The molecule has 0 heterocycles. The molecule has 0 saturated heterocycles. The van der Waals surface area contributed by atoms with Gasteiger partial charge >= 0.3 is 0 Å². The number of rotatable bonds is 2. The highest BCUT2D eigenvalue weighted by molar-refractivity contribution is 7.59. The molecule has 5 heteroatoms. The fourth-order valence-corrected chi connectivity index (χ4v) is 1.37. The van der Waals surface area contributed by atoms with Gasteiger partial charge in [-0.1, -0.05) is 30.3 Å². The third kappa shape index (κ3) is 1.88. The Hall–Kier alpha value is -0.670. The minimum absolute atomic E-state index is 0.148. The normalized spacial score (nSPS) is 15.8. The third-order valence-corrected chi connectivity index (χ3v) is 2.51. The van der Waals surface area contributed by atoms with Gasteiger partial charge < -0.3 is 4.89 Å². The largest absolute Gasteiger partial charge is 0.771 e. The molecule has 0 saturated carbocycles. The summed E-state index contributed by atoms with van der Waals surface area (Å²) in [7, 11) is -3.89. The molecule has 0 bridgehead atoms. The smallest absolute Gasteiger partial charge is 0.227 e. The fraction of sp³-hybridized carbons (Fsp3) is 0. The highest BCUT2D eigenvalue weighted by Gasteiger charge is 2.11. The van der Waals surface area contributed by atoms with Gasteiger partial charge in [-0.15, -0.1) is 0 Å². The molecular formula is C6H8NO3P. The Balaban J connectivity index is 3.03. The number of benzene rings is 1. The number of hydrogen-bond donors (Lipinski definition) is 1. The van der Waals surface area contributed by atoms with Crippen molar-refractivity contribution < 1.29 is 20.0 Å². The van der Waals surface area contributed by atoms with Gasteiger partial charge in [0.2, 0.25) is 7.60 Å². The second kappa shape index (κ2) is 3.15. The highest BCUT2D eigenvalue weighted by atomic mass is 31.2. The van der Waals surface area contributed by atoms with Gasteiger partial charge in [0.15, 0.2) is 0 Å².